The van der Waals surface area contributed by atoms with Gasteiger partial charge in [0.25, 0.3) is 0 Å². The third-order valence-corrected chi connectivity index (χ3v) is 3.74. The number of aromatic amines is 1. The summed E-state index contributed by atoms with van der Waals surface area (Å²) in [6.07, 6.45) is 1.64. The zero-order valence-electron chi connectivity index (χ0n) is 11.8. The molecule has 1 N–H and O–H groups in total. The molecule has 4 aromatic rings. The summed E-state index contributed by atoms with van der Waals surface area (Å²) in [5, 5.41) is 5.28. The van der Waals surface area contributed by atoms with Crippen molar-refractivity contribution >= 4 is 22.0 Å². The number of hydrogen-bond acceptors (Lipinski definition) is 3. The summed E-state index contributed by atoms with van der Waals surface area (Å²) in [6.45, 7) is 2.05. The lowest BCUT2D eigenvalue weighted by atomic mass is 10.1. The number of para-hydroxylation sites is 2. The van der Waals surface area contributed by atoms with Gasteiger partial charge in [-0.05, 0) is 36.8 Å². The minimum Gasteiger partial charge on any atom is -0.356 e. The predicted octanol–water partition coefficient (Wildman–Crippen LogP) is 3.80. The van der Waals surface area contributed by atoms with E-state index in [2.05, 4.69) is 34.2 Å². The van der Waals surface area contributed by atoms with E-state index in [1.807, 2.05) is 30.3 Å². The van der Waals surface area contributed by atoms with E-state index in [4.69, 9.17) is 4.52 Å². The van der Waals surface area contributed by atoms with Crippen molar-refractivity contribution in [2.24, 2.45) is 0 Å². The molecule has 0 aliphatic heterocycles. The lowest BCUT2D eigenvalue weighted by Gasteiger charge is -1.95. The van der Waals surface area contributed by atoms with Crippen LogP contribution in [-0.2, 0) is 12.8 Å². The van der Waals surface area contributed by atoms with Gasteiger partial charge in [-0.1, -0.05) is 23.4 Å². The van der Waals surface area contributed by atoms with Gasteiger partial charge in [0.15, 0.2) is 5.58 Å². The summed E-state index contributed by atoms with van der Waals surface area (Å²) in [6, 6.07) is 14.3. The van der Waals surface area contributed by atoms with E-state index in [-0.39, 0.29) is 0 Å². The van der Waals surface area contributed by atoms with Crippen molar-refractivity contribution in [1.82, 2.24) is 15.1 Å². The van der Waals surface area contributed by atoms with Crippen molar-refractivity contribution < 1.29 is 4.52 Å². The first kappa shape index (κ1) is 12.1. The van der Waals surface area contributed by atoms with Crippen molar-refractivity contribution in [3.05, 3.63) is 59.5 Å². The minimum absolute atomic E-state index is 0.815. The average Bonchev–Trinajstić information content (AvgIpc) is 3.07. The summed E-state index contributed by atoms with van der Waals surface area (Å²) in [7, 11) is 0. The molecule has 2 heterocycles. The summed E-state index contributed by atoms with van der Waals surface area (Å²) >= 11 is 0. The molecule has 0 fully saturated rings. The molecule has 0 unspecified atom stereocenters. The Balaban J connectivity index is 1.60. The van der Waals surface area contributed by atoms with E-state index in [0.717, 1.165) is 46.4 Å². The van der Waals surface area contributed by atoms with Crippen LogP contribution in [0.25, 0.3) is 22.0 Å². The fourth-order valence-electron chi connectivity index (χ4n) is 2.64. The topological polar surface area (TPSA) is 54.7 Å². The Hall–Kier alpha value is -2.62. The zero-order chi connectivity index (χ0) is 14.2. The maximum atomic E-state index is 5.40. The number of nitrogens with one attached hydrogen (secondary N) is 1. The average molecular weight is 277 g/mol. The molecule has 0 amide bonds. The van der Waals surface area contributed by atoms with Gasteiger partial charge in [-0.3, -0.25) is 0 Å². The standard InChI is InChI=1S/C17H15N3O/c1-11-6-7-12-13(20-21-16(12)10-11)8-9-17-18-14-4-2-3-5-15(14)19-17/h2-7,10H,8-9H2,1H3,(H,18,19). The number of rotatable bonds is 3. The molecular formula is C17H15N3O. The molecule has 0 spiro atoms. The van der Waals surface area contributed by atoms with Crippen LogP contribution in [0.1, 0.15) is 17.1 Å². The van der Waals surface area contributed by atoms with Crippen LogP contribution < -0.4 is 0 Å². The van der Waals surface area contributed by atoms with Gasteiger partial charge in [-0.15, -0.1) is 0 Å². The van der Waals surface area contributed by atoms with Crippen LogP contribution in [-0.4, -0.2) is 15.1 Å². The monoisotopic (exact) mass is 277 g/mol. The number of aromatic nitrogens is 3. The van der Waals surface area contributed by atoms with Gasteiger partial charge in [0.05, 0.1) is 16.7 Å². The molecule has 4 rings (SSSR count). The van der Waals surface area contributed by atoms with Gasteiger partial charge >= 0.3 is 0 Å². The highest BCUT2D eigenvalue weighted by Gasteiger charge is 2.09. The Labute approximate surface area is 121 Å². The van der Waals surface area contributed by atoms with E-state index in [1.54, 1.807) is 0 Å². The van der Waals surface area contributed by atoms with E-state index >= 15 is 0 Å². The second kappa shape index (κ2) is 4.74. The maximum Gasteiger partial charge on any atom is 0.167 e. The summed E-state index contributed by atoms with van der Waals surface area (Å²) < 4.78 is 5.40. The minimum atomic E-state index is 0.815. The number of nitrogens with zero attached hydrogens (tertiary/aromatic N) is 2. The number of H-pyrrole nitrogens is 1. The van der Waals surface area contributed by atoms with Crippen LogP contribution in [0.2, 0.25) is 0 Å². The molecule has 2 aromatic heterocycles. The van der Waals surface area contributed by atoms with Crippen molar-refractivity contribution in [2.75, 3.05) is 0 Å². The summed E-state index contributed by atoms with van der Waals surface area (Å²) in [5.41, 5.74) is 5.11. The fraction of sp³-hybridized carbons (Fsp3) is 0.176. The van der Waals surface area contributed by atoms with Crippen LogP contribution in [0.4, 0.5) is 0 Å². The summed E-state index contributed by atoms with van der Waals surface area (Å²) in [5.74, 6) is 0.986. The van der Waals surface area contributed by atoms with Crippen LogP contribution >= 0.6 is 0 Å². The fourth-order valence-corrected chi connectivity index (χ4v) is 2.64. The third-order valence-electron chi connectivity index (χ3n) is 3.74. The van der Waals surface area contributed by atoms with Crippen LogP contribution in [0.5, 0.6) is 0 Å². The first-order valence-corrected chi connectivity index (χ1v) is 7.08. The molecule has 4 nitrogen and oxygen atoms in total. The van der Waals surface area contributed by atoms with Crippen LogP contribution in [0, 0.1) is 6.92 Å². The normalized spacial score (nSPS) is 11.5. The van der Waals surface area contributed by atoms with Crippen molar-refractivity contribution in [2.45, 2.75) is 19.8 Å². The lowest BCUT2D eigenvalue weighted by molar-refractivity contribution is 0.445. The Morgan fingerprint density at radius 2 is 2.00 bits per heavy atom. The van der Waals surface area contributed by atoms with Crippen molar-refractivity contribution in [3.63, 3.8) is 0 Å². The van der Waals surface area contributed by atoms with Crippen molar-refractivity contribution in [1.29, 1.82) is 0 Å². The molecule has 0 saturated heterocycles. The Bertz CT molecular complexity index is 887. The summed E-state index contributed by atoms with van der Waals surface area (Å²) in [4.78, 5) is 7.94. The second-order valence-corrected chi connectivity index (χ2v) is 5.33. The lowest BCUT2D eigenvalue weighted by Crippen LogP contribution is -1.94. The molecule has 0 aliphatic rings. The third kappa shape index (κ3) is 2.18. The molecule has 0 saturated carbocycles. The van der Waals surface area contributed by atoms with Crippen LogP contribution in [0.3, 0.4) is 0 Å². The van der Waals surface area contributed by atoms with Crippen LogP contribution in [0.15, 0.2) is 47.0 Å². The molecule has 21 heavy (non-hydrogen) atoms. The SMILES string of the molecule is Cc1ccc2c(CCc3nc4ccccc4[nH]3)noc2c1. The number of hydrogen-bond donors (Lipinski definition) is 1. The molecule has 2 aromatic carbocycles. The first-order chi connectivity index (χ1) is 10.3. The van der Waals surface area contributed by atoms with Gasteiger partial charge in [0.1, 0.15) is 5.82 Å². The Kier molecular flexibility index (Phi) is 2.74. The molecule has 0 aliphatic carbocycles. The number of imidazole rings is 1. The van der Waals surface area contributed by atoms with E-state index in [9.17, 15) is 0 Å². The molecule has 0 bridgehead atoms. The Morgan fingerprint density at radius 1 is 1.10 bits per heavy atom. The molecule has 0 atom stereocenters. The largest absolute Gasteiger partial charge is 0.356 e. The van der Waals surface area contributed by atoms with E-state index in [1.165, 1.54) is 5.56 Å². The smallest absolute Gasteiger partial charge is 0.167 e. The number of benzene rings is 2. The van der Waals surface area contributed by atoms with Gasteiger partial charge in [0, 0.05) is 18.2 Å². The van der Waals surface area contributed by atoms with Gasteiger partial charge in [0.2, 0.25) is 0 Å². The van der Waals surface area contributed by atoms with Gasteiger partial charge in [-0.25, -0.2) is 4.98 Å². The number of fused-ring (bicyclic) bond motifs is 2. The molecule has 4 heteroatoms. The first-order valence-electron chi connectivity index (χ1n) is 7.08. The highest BCUT2D eigenvalue weighted by molar-refractivity contribution is 5.80. The maximum absolute atomic E-state index is 5.40. The predicted molar refractivity (Wildman–Crippen MR) is 82.2 cm³/mol. The van der Waals surface area contributed by atoms with Crippen molar-refractivity contribution in [3.8, 4) is 0 Å². The van der Waals surface area contributed by atoms with E-state index < -0.39 is 0 Å². The molecule has 104 valence electrons. The highest BCUT2D eigenvalue weighted by Crippen LogP contribution is 2.21. The highest BCUT2D eigenvalue weighted by atomic mass is 16.5. The van der Waals surface area contributed by atoms with Gasteiger partial charge in [-0.2, -0.15) is 0 Å². The Morgan fingerprint density at radius 3 is 2.90 bits per heavy atom. The molecule has 0 radical (unpaired) electrons. The molecular weight excluding hydrogens is 262 g/mol. The van der Waals surface area contributed by atoms with Gasteiger partial charge < -0.3 is 9.51 Å². The van der Waals surface area contributed by atoms with E-state index in [0.29, 0.717) is 0 Å². The second-order valence-electron chi connectivity index (χ2n) is 5.33. The quantitative estimate of drug-likeness (QED) is 0.619. The zero-order valence-corrected chi connectivity index (χ0v) is 11.8. The number of aryl methyl sites for hydroxylation is 3.